The molecule has 0 aromatic rings. The predicted molar refractivity (Wildman–Crippen MR) is 33.3 cm³/mol. The fourth-order valence-electron chi connectivity index (χ4n) is 0.168. The molecular formula is C4H9NO2S. The molecule has 0 radical (unpaired) electrons. The lowest BCUT2D eigenvalue weighted by molar-refractivity contribution is 0.558. The molecule has 0 bridgehead atoms. The van der Waals surface area contributed by atoms with E-state index in [1.54, 1.807) is 0 Å². The largest absolute Gasteiger partial charge is 0.289 e. The highest BCUT2D eigenvalue weighted by molar-refractivity contribution is 7.77. The maximum absolute atomic E-state index is 9.86. The highest BCUT2D eigenvalue weighted by Crippen LogP contribution is 1.82. The van der Waals surface area contributed by atoms with Crippen LogP contribution >= 0.6 is 0 Å². The smallest absolute Gasteiger partial charge is 0.258 e. The van der Waals surface area contributed by atoms with Crippen molar-refractivity contribution in [3.63, 3.8) is 0 Å². The molecule has 4 heteroatoms. The van der Waals surface area contributed by atoms with E-state index < -0.39 is 11.3 Å². The van der Waals surface area contributed by atoms with Crippen LogP contribution in [0, 0.1) is 0 Å². The molecule has 0 aliphatic rings. The molecule has 0 spiro atoms. The number of hydrogen-bond acceptors (Lipinski definition) is 1. The van der Waals surface area contributed by atoms with Crippen molar-refractivity contribution in [1.29, 1.82) is 0 Å². The monoisotopic (exact) mass is 135 g/mol. The molecule has 0 heterocycles. The van der Waals surface area contributed by atoms with Crippen molar-refractivity contribution in [3.05, 3.63) is 11.8 Å². The van der Waals surface area contributed by atoms with Gasteiger partial charge in [-0.15, -0.1) is 0 Å². The summed E-state index contributed by atoms with van der Waals surface area (Å²) in [4.78, 5) is 0. The summed E-state index contributed by atoms with van der Waals surface area (Å²) in [6.07, 6.45) is 1.48. The van der Waals surface area contributed by atoms with E-state index in [2.05, 4.69) is 4.72 Å². The van der Waals surface area contributed by atoms with Crippen molar-refractivity contribution in [2.24, 2.45) is 0 Å². The SMILES string of the molecule is CC(C)=CNS(=O)O. The lowest BCUT2D eigenvalue weighted by atomic mass is 10.4. The number of nitrogens with one attached hydrogen (secondary N) is 1. The molecule has 3 nitrogen and oxygen atoms in total. The topological polar surface area (TPSA) is 49.3 Å². The van der Waals surface area contributed by atoms with Crippen LogP contribution in [0.15, 0.2) is 11.8 Å². The summed E-state index contributed by atoms with van der Waals surface area (Å²) in [5.74, 6) is 0. The lowest BCUT2D eigenvalue weighted by Crippen LogP contribution is -2.07. The minimum absolute atomic E-state index is 0.965. The third kappa shape index (κ3) is 5.65. The van der Waals surface area contributed by atoms with Crippen LogP contribution < -0.4 is 4.72 Å². The second-order valence-corrected chi connectivity index (χ2v) is 2.32. The molecule has 2 N–H and O–H groups in total. The minimum atomic E-state index is -1.91. The molecule has 1 atom stereocenters. The zero-order valence-corrected chi connectivity index (χ0v) is 5.66. The molecular weight excluding hydrogens is 126 g/mol. The maximum atomic E-state index is 9.86. The Morgan fingerprint density at radius 2 is 2.25 bits per heavy atom. The van der Waals surface area contributed by atoms with E-state index in [9.17, 15) is 4.21 Å². The van der Waals surface area contributed by atoms with Crippen LogP contribution in [0.2, 0.25) is 0 Å². The maximum Gasteiger partial charge on any atom is 0.258 e. The van der Waals surface area contributed by atoms with Gasteiger partial charge in [-0.05, 0) is 13.8 Å². The first-order chi connectivity index (χ1) is 3.63. The summed E-state index contributed by atoms with van der Waals surface area (Å²) in [5, 5.41) is 0. The molecule has 8 heavy (non-hydrogen) atoms. The molecule has 0 saturated carbocycles. The van der Waals surface area contributed by atoms with Gasteiger partial charge in [0.05, 0.1) is 0 Å². The van der Waals surface area contributed by atoms with Gasteiger partial charge >= 0.3 is 0 Å². The van der Waals surface area contributed by atoms with Crippen LogP contribution in [-0.2, 0) is 11.3 Å². The second-order valence-electron chi connectivity index (χ2n) is 1.59. The van der Waals surface area contributed by atoms with Gasteiger partial charge in [0.25, 0.3) is 11.3 Å². The van der Waals surface area contributed by atoms with E-state index in [4.69, 9.17) is 4.55 Å². The van der Waals surface area contributed by atoms with Gasteiger partial charge < -0.3 is 0 Å². The first kappa shape index (κ1) is 7.65. The standard InChI is InChI=1S/C4H9NO2S/c1-4(2)3-5-8(6)7/h3,5H,1-2H3,(H,6,7). The van der Waals surface area contributed by atoms with Crippen LogP contribution in [0.5, 0.6) is 0 Å². The Hall–Kier alpha value is -0.350. The van der Waals surface area contributed by atoms with E-state index in [1.807, 2.05) is 13.8 Å². The van der Waals surface area contributed by atoms with Gasteiger partial charge in [-0.3, -0.25) is 9.27 Å². The van der Waals surface area contributed by atoms with Crippen molar-refractivity contribution in [3.8, 4) is 0 Å². The van der Waals surface area contributed by atoms with Crippen LogP contribution in [-0.4, -0.2) is 8.76 Å². The van der Waals surface area contributed by atoms with Gasteiger partial charge in [-0.1, -0.05) is 5.57 Å². The number of rotatable bonds is 2. The molecule has 0 aromatic carbocycles. The summed E-state index contributed by atoms with van der Waals surface area (Å²) in [5.41, 5.74) is 0.965. The molecule has 0 rings (SSSR count). The van der Waals surface area contributed by atoms with Crippen molar-refractivity contribution in [2.75, 3.05) is 0 Å². The number of hydrogen-bond donors (Lipinski definition) is 2. The highest BCUT2D eigenvalue weighted by atomic mass is 32.2. The Morgan fingerprint density at radius 3 is 2.38 bits per heavy atom. The number of allylic oxidation sites excluding steroid dienone is 1. The van der Waals surface area contributed by atoms with Crippen molar-refractivity contribution in [2.45, 2.75) is 13.8 Å². The molecule has 0 aliphatic carbocycles. The lowest BCUT2D eigenvalue weighted by Gasteiger charge is -1.90. The third-order valence-corrected chi connectivity index (χ3v) is 0.768. The Bertz CT molecular complexity index is 117. The summed E-state index contributed by atoms with van der Waals surface area (Å²) in [6, 6.07) is 0. The van der Waals surface area contributed by atoms with E-state index in [0.717, 1.165) is 5.57 Å². The van der Waals surface area contributed by atoms with Gasteiger partial charge in [0.2, 0.25) is 0 Å². The van der Waals surface area contributed by atoms with Crippen LogP contribution in [0.3, 0.4) is 0 Å². The molecule has 0 aliphatic heterocycles. The molecule has 48 valence electrons. The first-order valence-electron chi connectivity index (χ1n) is 2.13. The van der Waals surface area contributed by atoms with Gasteiger partial charge in [0, 0.05) is 6.20 Å². The zero-order valence-electron chi connectivity index (χ0n) is 4.84. The Labute approximate surface area is 51.2 Å². The van der Waals surface area contributed by atoms with Crippen molar-refractivity contribution >= 4 is 11.3 Å². The van der Waals surface area contributed by atoms with Crippen LogP contribution in [0.1, 0.15) is 13.8 Å². The van der Waals surface area contributed by atoms with Crippen LogP contribution in [0.4, 0.5) is 0 Å². The third-order valence-electron chi connectivity index (χ3n) is 0.448. The van der Waals surface area contributed by atoms with Gasteiger partial charge in [0.15, 0.2) is 0 Å². The fourth-order valence-corrected chi connectivity index (χ4v) is 0.505. The zero-order chi connectivity index (χ0) is 6.57. The van der Waals surface area contributed by atoms with Crippen molar-refractivity contribution in [1.82, 2.24) is 4.72 Å². The summed E-state index contributed by atoms with van der Waals surface area (Å²) in [7, 11) is 0. The highest BCUT2D eigenvalue weighted by Gasteiger charge is 1.81. The minimum Gasteiger partial charge on any atom is -0.289 e. The van der Waals surface area contributed by atoms with E-state index in [1.165, 1.54) is 6.20 Å². The summed E-state index contributed by atoms with van der Waals surface area (Å²) < 4.78 is 20.2. The fraction of sp³-hybridized carbons (Fsp3) is 0.500. The summed E-state index contributed by atoms with van der Waals surface area (Å²) in [6.45, 7) is 3.67. The second kappa shape index (κ2) is 3.63. The Kier molecular flexibility index (Phi) is 3.47. The quantitative estimate of drug-likeness (QED) is 0.546. The first-order valence-corrected chi connectivity index (χ1v) is 3.24. The predicted octanol–water partition coefficient (Wildman–Crippen LogP) is 0.636. The van der Waals surface area contributed by atoms with Crippen LogP contribution in [0.25, 0.3) is 0 Å². The molecule has 1 unspecified atom stereocenters. The molecule has 0 aromatic heterocycles. The average molecular weight is 135 g/mol. The van der Waals surface area contributed by atoms with Crippen molar-refractivity contribution < 1.29 is 8.76 Å². The molecule has 0 amide bonds. The normalized spacial score (nSPS) is 12.4. The van der Waals surface area contributed by atoms with E-state index in [-0.39, 0.29) is 0 Å². The van der Waals surface area contributed by atoms with Gasteiger partial charge in [-0.2, -0.15) is 0 Å². The van der Waals surface area contributed by atoms with Gasteiger partial charge in [-0.25, -0.2) is 4.21 Å². The summed E-state index contributed by atoms with van der Waals surface area (Å²) >= 11 is -1.91. The van der Waals surface area contributed by atoms with Gasteiger partial charge in [0.1, 0.15) is 0 Å². The Balaban J connectivity index is 3.45. The van der Waals surface area contributed by atoms with E-state index >= 15 is 0 Å². The Morgan fingerprint density at radius 1 is 1.75 bits per heavy atom. The average Bonchev–Trinajstić information content (AvgIpc) is 1.61. The molecule has 0 fully saturated rings. The van der Waals surface area contributed by atoms with E-state index in [0.29, 0.717) is 0 Å². The molecule has 0 saturated heterocycles.